The highest BCUT2D eigenvalue weighted by Crippen LogP contribution is 2.24. The van der Waals surface area contributed by atoms with Gasteiger partial charge in [-0.05, 0) is 76.5 Å². The number of nitrogens with zero attached hydrogens (tertiary/aromatic N) is 2. The lowest BCUT2D eigenvalue weighted by molar-refractivity contribution is 0.0954. The summed E-state index contributed by atoms with van der Waals surface area (Å²) in [6.07, 6.45) is 4.24. The van der Waals surface area contributed by atoms with Crippen LogP contribution in [0.1, 0.15) is 21.5 Å². The van der Waals surface area contributed by atoms with Gasteiger partial charge in [0.2, 0.25) is 0 Å². The van der Waals surface area contributed by atoms with Gasteiger partial charge in [0.25, 0.3) is 11.5 Å². The summed E-state index contributed by atoms with van der Waals surface area (Å²) in [4.78, 5) is 29.9. The summed E-state index contributed by atoms with van der Waals surface area (Å²) in [7, 11) is 0. The lowest BCUT2D eigenvalue weighted by Crippen LogP contribution is -2.26. The number of nitrogens with two attached hydrogens (primary N) is 1. The largest absolute Gasteiger partial charge is 0.384 e. The standard InChI is InChI=1S/C30H26N4O2/c31-28-19-24(12-15-32-28)23-9-10-27-25(18-23)13-16-34(30(27)36)20-22-7-4-8-26(17-22)29(35)33-14-11-21-5-2-1-3-6-21/h1-10,12-13,15-19H,11,14,20H2,(H2,31,32)(H,33,35). The summed E-state index contributed by atoms with van der Waals surface area (Å²) in [5.74, 6) is 0.332. The fourth-order valence-corrected chi connectivity index (χ4v) is 4.29. The summed E-state index contributed by atoms with van der Waals surface area (Å²) < 4.78 is 1.67. The number of rotatable bonds is 7. The molecule has 0 bridgehead atoms. The molecule has 0 unspecified atom stereocenters. The highest BCUT2D eigenvalue weighted by molar-refractivity contribution is 5.94. The average Bonchev–Trinajstić information content (AvgIpc) is 2.91. The van der Waals surface area contributed by atoms with Crippen LogP contribution in [0.15, 0.2) is 108 Å². The number of benzene rings is 3. The molecule has 0 aliphatic heterocycles. The van der Waals surface area contributed by atoms with Crippen molar-refractivity contribution < 1.29 is 4.79 Å². The van der Waals surface area contributed by atoms with Crippen LogP contribution in [0.25, 0.3) is 21.9 Å². The third-order valence-corrected chi connectivity index (χ3v) is 6.18. The number of nitrogen functional groups attached to an aromatic ring is 1. The third kappa shape index (κ3) is 5.18. The topological polar surface area (TPSA) is 90.0 Å². The number of nitrogens with one attached hydrogen (secondary N) is 1. The first-order chi connectivity index (χ1) is 17.6. The normalized spacial score (nSPS) is 10.9. The molecule has 0 saturated carbocycles. The number of carbonyl (C=O) groups is 1. The molecule has 3 aromatic carbocycles. The highest BCUT2D eigenvalue weighted by atomic mass is 16.1. The molecule has 0 aliphatic carbocycles. The molecule has 2 aromatic heterocycles. The van der Waals surface area contributed by atoms with Gasteiger partial charge in [0, 0.05) is 29.9 Å². The molecule has 0 atom stereocenters. The van der Waals surface area contributed by atoms with Crippen LogP contribution >= 0.6 is 0 Å². The predicted molar refractivity (Wildman–Crippen MR) is 144 cm³/mol. The molecule has 1 amide bonds. The molecule has 178 valence electrons. The van der Waals surface area contributed by atoms with Gasteiger partial charge in [0.05, 0.1) is 6.54 Å². The first-order valence-corrected chi connectivity index (χ1v) is 11.8. The van der Waals surface area contributed by atoms with Crippen molar-refractivity contribution in [2.45, 2.75) is 13.0 Å². The van der Waals surface area contributed by atoms with Crippen molar-refractivity contribution in [1.29, 1.82) is 0 Å². The van der Waals surface area contributed by atoms with Crippen LogP contribution in [0, 0.1) is 0 Å². The number of aromatic nitrogens is 2. The van der Waals surface area contributed by atoms with Crippen molar-refractivity contribution in [1.82, 2.24) is 14.9 Å². The van der Waals surface area contributed by atoms with Crippen molar-refractivity contribution in [3.8, 4) is 11.1 Å². The van der Waals surface area contributed by atoms with Crippen molar-refractivity contribution in [2.75, 3.05) is 12.3 Å². The van der Waals surface area contributed by atoms with Gasteiger partial charge in [-0.2, -0.15) is 0 Å². The summed E-state index contributed by atoms with van der Waals surface area (Å²) >= 11 is 0. The van der Waals surface area contributed by atoms with E-state index in [2.05, 4.69) is 10.3 Å². The molecule has 0 radical (unpaired) electrons. The zero-order valence-corrected chi connectivity index (χ0v) is 19.7. The Kier molecular flexibility index (Phi) is 6.58. The fraction of sp³-hybridized carbons (Fsp3) is 0.100. The van der Waals surface area contributed by atoms with Crippen LogP contribution in [-0.2, 0) is 13.0 Å². The van der Waals surface area contributed by atoms with Crippen LogP contribution in [0.4, 0.5) is 5.82 Å². The minimum atomic E-state index is -0.122. The van der Waals surface area contributed by atoms with Crippen LogP contribution in [-0.4, -0.2) is 22.0 Å². The van der Waals surface area contributed by atoms with Crippen molar-refractivity contribution in [2.24, 2.45) is 0 Å². The van der Waals surface area contributed by atoms with Crippen LogP contribution in [0.2, 0.25) is 0 Å². The van der Waals surface area contributed by atoms with Gasteiger partial charge in [-0.1, -0.05) is 48.5 Å². The van der Waals surface area contributed by atoms with E-state index in [4.69, 9.17) is 5.73 Å². The Balaban J connectivity index is 1.31. The molecule has 2 heterocycles. The minimum absolute atomic E-state index is 0.0778. The van der Waals surface area contributed by atoms with E-state index >= 15 is 0 Å². The second-order valence-corrected chi connectivity index (χ2v) is 8.71. The monoisotopic (exact) mass is 474 g/mol. The Morgan fingerprint density at radius 1 is 0.861 bits per heavy atom. The Morgan fingerprint density at radius 2 is 1.67 bits per heavy atom. The Bertz CT molecular complexity index is 1590. The molecule has 0 saturated heterocycles. The molecular formula is C30H26N4O2. The lowest BCUT2D eigenvalue weighted by Gasteiger charge is -2.11. The Labute approximate surface area is 209 Å². The van der Waals surface area contributed by atoms with E-state index < -0.39 is 0 Å². The van der Waals surface area contributed by atoms with Gasteiger partial charge in [0.15, 0.2) is 0 Å². The maximum absolute atomic E-state index is 13.2. The van der Waals surface area contributed by atoms with Crippen LogP contribution in [0.3, 0.4) is 0 Å². The van der Waals surface area contributed by atoms with Crippen LogP contribution in [0.5, 0.6) is 0 Å². The van der Waals surface area contributed by atoms with E-state index in [1.54, 1.807) is 23.0 Å². The van der Waals surface area contributed by atoms with E-state index in [0.29, 0.717) is 29.9 Å². The van der Waals surface area contributed by atoms with Gasteiger partial charge >= 0.3 is 0 Å². The Morgan fingerprint density at radius 3 is 2.50 bits per heavy atom. The quantitative estimate of drug-likeness (QED) is 0.359. The molecule has 5 aromatic rings. The lowest BCUT2D eigenvalue weighted by atomic mass is 10.0. The van der Waals surface area contributed by atoms with E-state index in [-0.39, 0.29) is 11.5 Å². The Hall–Kier alpha value is -4.71. The SMILES string of the molecule is Nc1cc(-c2ccc3c(=O)n(Cc4cccc(C(=O)NCCc5ccccc5)c4)ccc3c2)ccn1. The number of amides is 1. The zero-order valence-electron chi connectivity index (χ0n) is 19.7. The van der Waals surface area contributed by atoms with Crippen molar-refractivity contribution >= 4 is 22.5 Å². The summed E-state index contributed by atoms with van der Waals surface area (Å²) in [6, 6.07) is 28.8. The molecule has 3 N–H and O–H groups in total. The van der Waals surface area contributed by atoms with Crippen molar-refractivity contribution in [3.63, 3.8) is 0 Å². The molecule has 5 rings (SSSR count). The molecule has 0 fully saturated rings. The summed E-state index contributed by atoms with van der Waals surface area (Å²) in [5.41, 5.74) is 10.3. The zero-order chi connectivity index (χ0) is 24.9. The van der Waals surface area contributed by atoms with Crippen molar-refractivity contribution in [3.05, 3.63) is 130 Å². The molecule has 36 heavy (non-hydrogen) atoms. The predicted octanol–water partition coefficient (Wildman–Crippen LogP) is 4.67. The number of anilines is 1. The molecule has 0 aliphatic rings. The maximum Gasteiger partial charge on any atom is 0.258 e. The number of hydrogen-bond acceptors (Lipinski definition) is 4. The van der Waals surface area contributed by atoms with Crippen LogP contribution < -0.4 is 16.6 Å². The van der Waals surface area contributed by atoms with Gasteiger partial charge < -0.3 is 15.6 Å². The van der Waals surface area contributed by atoms with Gasteiger partial charge in [0.1, 0.15) is 5.82 Å². The molecular weight excluding hydrogens is 448 g/mol. The first-order valence-electron chi connectivity index (χ1n) is 11.8. The maximum atomic E-state index is 13.2. The second kappa shape index (κ2) is 10.3. The smallest absolute Gasteiger partial charge is 0.258 e. The third-order valence-electron chi connectivity index (χ3n) is 6.18. The second-order valence-electron chi connectivity index (χ2n) is 8.71. The molecule has 6 heteroatoms. The fourth-order valence-electron chi connectivity index (χ4n) is 4.29. The summed E-state index contributed by atoms with van der Waals surface area (Å²) in [6.45, 7) is 0.938. The number of pyridine rings is 2. The van der Waals surface area contributed by atoms with E-state index in [9.17, 15) is 9.59 Å². The van der Waals surface area contributed by atoms with E-state index in [1.807, 2.05) is 84.9 Å². The van der Waals surface area contributed by atoms with Gasteiger partial charge in [-0.25, -0.2) is 4.98 Å². The molecule has 0 spiro atoms. The number of carbonyl (C=O) groups excluding carboxylic acids is 1. The summed E-state index contributed by atoms with van der Waals surface area (Å²) in [5, 5.41) is 4.47. The number of fused-ring (bicyclic) bond motifs is 1. The van der Waals surface area contributed by atoms with Gasteiger partial charge in [-0.15, -0.1) is 0 Å². The first kappa shape index (κ1) is 23.1. The van der Waals surface area contributed by atoms with E-state index in [1.165, 1.54) is 5.56 Å². The highest BCUT2D eigenvalue weighted by Gasteiger charge is 2.09. The number of hydrogen-bond donors (Lipinski definition) is 2. The molecule has 6 nitrogen and oxygen atoms in total. The van der Waals surface area contributed by atoms with E-state index in [0.717, 1.165) is 28.5 Å². The minimum Gasteiger partial charge on any atom is -0.384 e. The average molecular weight is 475 g/mol. The van der Waals surface area contributed by atoms with Gasteiger partial charge in [-0.3, -0.25) is 9.59 Å².